The van der Waals surface area contributed by atoms with Gasteiger partial charge in [0.15, 0.2) is 17.5 Å². The van der Waals surface area contributed by atoms with E-state index < -0.39 is 11.2 Å². The van der Waals surface area contributed by atoms with Gasteiger partial charge in [-0.3, -0.25) is 9.59 Å². The van der Waals surface area contributed by atoms with Crippen LogP contribution in [0.1, 0.15) is 179 Å². The molecule has 5 atom stereocenters. The fraction of sp³-hybridized carbons (Fsp3) is 0.788. The van der Waals surface area contributed by atoms with Gasteiger partial charge in [0, 0.05) is 45.8 Å². The number of nitrogens with one attached hydrogen (secondary N) is 3. The third-order valence-corrected chi connectivity index (χ3v) is 12.1. The first kappa shape index (κ1) is 68.4. The van der Waals surface area contributed by atoms with Crippen LogP contribution in [0.25, 0.3) is 0 Å². The number of aromatic nitrogens is 6. The molecule has 26 heteroatoms. The molecule has 3 aromatic heterocycles. The first-order valence-corrected chi connectivity index (χ1v) is 27.3. The molecule has 6 N–H and O–H groups in total. The first-order chi connectivity index (χ1) is 36.5. The molecule has 0 saturated carbocycles. The number of likely N-dealkylation sites (tertiary alicyclic amines) is 2. The van der Waals surface area contributed by atoms with E-state index in [1.54, 1.807) is 23.6 Å². The molecule has 5 saturated heterocycles. The first-order valence-electron chi connectivity index (χ1n) is 27.3. The molecule has 5 aliphatic rings. The van der Waals surface area contributed by atoms with Crippen molar-refractivity contribution in [3.8, 4) is 0 Å². The van der Waals surface area contributed by atoms with Crippen LogP contribution in [0.2, 0.25) is 0 Å². The standard InChI is InChI=1S/C13H21N3O3.C13H23NO4.2C8H13N3O.C8H15NO2.C2H6N2O.ClH/c1-9-14-11(19-15-9)10-6-5-7-16(8-10)12(17)18-13(2,3)4;1-5-17-11(15)10-7-6-8-14(9-10)12(16)18-13(2,3)4;2*1-6-10-8(12-11-6)7-3-2-4-9-5-7;1-2-11-8(10)7-4-3-5-9-6-7;1-2(3)4-5;/h10H,5-8H2,1-4H3;10H,5-9H2,1-4H3;2*7,9H,2-5H2,1H3;7,9H,2-6H2,1H3;5H,1H3,(H2,3,4);1H/t;;7-;;;;/m..1..../s1. The number of aryl methyl sites for hydroxylation is 3. The second kappa shape index (κ2) is 35.8. The van der Waals surface area contributed by atoms with Crippen molar-refractivity contribution in [3.63, 3.8) is 0 Å². The van der Waals surface area contributed by atoms with Gasteiger partial charge in [0.25, 0.3) is 0 Å². The summed E-state index contributed by atoms with van der Waals surface area (Å²) in [5.74, 6) is 5.08. The number of halogens is 1. The number of ether oxygens (including phenoxy) is 4. The number of piperidine rings is 5. The largest absolute Gasteiger partial charge is 0.466 e. The number of nitrogens with two attached hydrogens (primary N) is 1. The van der Waals surface area contributed by atoms with E-state index in [4.69, 9.17) is 43.5 Å². The normalized spacial score (nSPS) is 21.4. The average Bonchev–Trinajstić information content (AvgIpc) is 4.18. The summed E-state index contributed by atoms with van der Waals surface area (Å²) in [4.78, 5) is 62.7. The molecule has 5 aliphatic heterocycles. The van der Waals surface area contributed by atoms with Crippen LogP contribution in [-0.2, 0) is 28.5 Å². The summed E-state index contributed by atoms with van der Waals surface area (Å²) in [5, 5.41) is 31.3. The van der Waals surface area contributed by atoms with Crippen molar-refractivity contribution >= 4 is 42.4 Å². The molecule has 5 fully saturated rings. The van der Waals surface area contributed by atoms with Gasteiger partial charge in [-0.2, -0.15) is 15.0 Å². The summed E-state index contributed by atoms with van der Waals surface area (Å²) in [5.41, 5.74) is 3.82. The highest BCUT2D eigenvalue weighted by Crippen LogP contribution is 2.27. The Morgan fingerprint density at radius 3 is 1.31 bits per heavy atom. The molecule has 3 aromatic rings. The lowest BCUT2D eigenvalue weighted by Crippen LogP contribution is -2.45. The van der Waals surface area contributed by atoms with E-state index in [9.17, 15) is 19.2 Å². The van der Waals surface area contributed by atoms with E-state index in [0.717, 1.165) is 121 Å². The number of hydrogen-bond donors (Lipinski definition) is 5. The van der Waals surface area contributed by atoms with Crippen LogP contribution < -0.4 is 21.7 Å². The lowest BCUT2D eigenvalue weighted by atomic mass is 9.98. The molecule has 444 valence electrons. The molecule has 8 heterocycles. The average molecular weight is 1130 g/mol. The smallest absolute Gasteiger partial charge is 0.410 e. The summed E-state index contributed by atoms with van der Waals surface area (Å²) in [7, 11) is 0. The summed E-state index contributed by atoms with van der Waals surface area (Å²) in [6.45, 7) is 30.9. The van der Waals surface area contributed by atoms with Crippen molar-refractivity contribution in [1.29, 1.82) is 0 Å². The molecule has 0 bridgehead atoms. The lowest BCUT2D eigenvalue weighted by Gasteiger charge is -2.33. The Kier molecular flexibility index (Phi) is 31.4. The highest BCUT2D eigenvalue weighted by molar-refractivity contribution is 5.85. The number of rotatable bonds is 7. The maximum Gasteiger partial charge on any atom is 0.410 e. The van der Waals surface area contributed by atoms with Crippen molar-refractivity contribution in [2.45, 2.75) is 176 Å². The van der Waals surface area contributed by atoms with Crippen LogP contribution in [0, 0.1) is 32.6 Å². The summed E-state index contributed by atoms with van der Waals surface area (Å²) in [6, 6.07) is 0. The van der Waals surface area contributed by atoms with Crippen molar-refractivity contribution in [3.05, 3.63) is 35.1 Å². The number of esters is 2. The van der Waals surface area contributed by atoms with E-state index in [1.165, 1.54) is 19.8 Å². The van der Waals surface area contributed by atoms with Crippen LogP contribution in [-0.4, -0.2) is 165 Å². The fourth-order valence-corrected chi connectivity index (χ4v) is 8.47. The molecule has 0 aliphatic carbocycles. The zero-order valence-electron chi connectivity index (χ0n) is 48.4. The predicted octanol–water partition coefficient (Wildman–Crippen LogP) is 7.10. The Balaban J connectivity index is 0.000000330. The Morgan fingerprint density at radius 2 is 0.962 bits per heavy atom. The minimum absolute atomic E-state index is 0. The third-order valence-electron chi connectivity index (χ3n) is 12.1. The number of nitrogens with zero attached hydrogens (tertiary/aromatic N) is 9. The van der Waals surface area contributed by atoms with Gasteiger partial charge in [-0.15, -0.1) is 12.4 Å². The Labute approximate surface area is 466 Å². The van der Waals surface area contributed by atoms with Crippen LogP contribution in [0.5, 0.6) is 0 Å². The highest BCUT2D eigenvalue weighted by Gasteiger charge is 2.33. The number of amides is 2. The van der Waals surface area contributed by atoms with Gasteiger partial charge in [0.05, 0.1) is 42.8 Å². The van der Waals surface area contributed by atoms with Crippen molar-refractivity contribution in [1.82, 2.24) is 56.2 Å². The lowest BCUT2D eigenvalue weighted by molar-refractivity contribution is -0.150. The van der Waals surface area contributed by atoms with Gasteiger partial charge in [0.2, 0.25) is 17.7 Å². The van der Waals surface area contributed by atoms with Crippen molar-refractivity contribution in [2.75, 3.05) is 78.7 Å². The quantitative estimate of drug-likeness (QED) is 0.0393. The van der Waals surface area contributed by atoms with Crippen molar-refractivity contribution < 1.29 is 56.9 Å². The number of hydrogen-bond acceptors (Lipinski definition) is 22. The Hall–Kier alpha value is -5.66. The van der Waals surface area contributed by atoms with Crippen LogP contribution in [0.3, 0.4) is 0 Å². The molecule has 25 nitrogen and oxygen atoms in total. The molecular formula is C52H92ClN13O12. The van der Waals surface area contributed by atoms with Crippen LogP contribution in [0.15, 0.2) is 18.7 Å². The number of carbonyl (C=O) groups excluding carboxylic acids is 4. The number of amidine groups is 1. The number of oxime groups is 1. The summed E-state index contributed by atoms with van der Waals surface area (Å²) < 4.78 is 36.0. The Morgan fingerprint density at radius 1 is 0.603 bits per heavy atom. The zero-order valence-corrected chi connectivity index (χ0v) is 49.2. The van der Waals surface area contributed by atoms with Gasteiger partial charge in [0.1, 0.15) is 17.0 Å². The minimum Gasteiger partial charge on any atom is -0.466 e. The molecular weight excluding hydrogens is 1030 g/mol. The van der Waals surface area contributed by atoms with Crippen LogP contribution in [0.4, 0.5) is 9.59 Å². The maximum absolute atomic E-state index is 12.0. The monoisotopic (exact) mass is 1130 g/mol. The molecule has 8 rings (SSSR count). The molecule has 0 radical (unpaired) electrons. The van der Waals surface area contributed by atoms with E-state index in [0.29, 0.717) is 56.4 Å². The van der Waals surface area contributed by atoms with Gasteiger partial charge >= 0.3 is 24.1 Å². The minimum atomic E-state index is -0.506. The number of carbonyl (C=O) groups is 4. The molecule has 0 aromatic carbocycles. The van der Waals surface area contributed by atoms with E-state index in [-0.39, 0.29) is 60.1 Å². The molecule has 0 spiro atoms. The van der Waals surface area contributed by atoms with E-state index >= 15 is 0 Å². The zero-order chi connectivity index (χ0) is 57.0. The topological polar surface area (TPSA) is 323 Å². The second-order valence-electron chi connectivity index (χ2n) is 21.4. The van der Waals surface area contributed by atoms with Crippen LogP contribution >= 0.6 is 12.4 Å². The highest BCUT2D eigenvalue weighted by atomic mass is 35.5. The van der Waals surface area contributed by atoms with E-state index in [2.05, 4.69) is 51.5 Å². The molecule has 78 heavy (non-hydrogen) atoms. The Bertz CT molecular complexity index is 2140. The summed E-state index contributed by atoms with van der Waals surface area (Å²) in [6.07, 6.45) is 9.63. The van der Waals surface area contributed by atoms with E-state index in [1.807, 2.05) is 62.3 Å². The maximum atomic E-state index is 12.0. The molecule has 2 amide bonds. The van der Waals surface area contributed by atoms with Gasteiger partial charge in [-0.25, -0.2) is 9.59 Å². The van der Waals surface area contributed by atoms with Gasteiger partial charge < -0.3 is 69.2 Å². The van der Waals surface area contributed by atoms with Crippen molar-refractivity contribution in [2.24, 2.45) is 22.7 Å². The predicted molar refractivity (Wildman–Crippen MR) is 292 cm³/mol. The third kappa shape index (κ3) is 27.3. The van der Waals surface area contributed by atoms with Gasteiger partial charge in [-0.05, 0) is 167 Å². The SMILES string of the molecule is CC(N)=NO.CCOC(=O)C1CCCN(C(=O)OC(C)(C)C)C1.CCOC(=O)C1CCCNC1.Cc1noc(C2CCCN(C(=O)OC(C)(C)C)C2)n1.Cc1noc(C2CCCNC2)n1.Cc1noc([C@@H]2CCCNC2)n1.Cl. The molecule has 4 unspecified atom stereocenters. The second-order valence-corrected chi connectivity index (χ2v) is 21.4. The summed E-state index contributed by atoms with van der Waals surface area (Å²) >= 11 is 0. The van der Waals surface area contributed by atoms with Gasteiger partial charge in [-0.1, -0.05) is 20.6 Å². The fourth-order valence-electron chi connectivity index (χ4n) is 8.47.